The molecule has 1 aliphatic heterocycles. The Morgan fingerprint density at radius 2 is 1.96 bits per heavy atom. The first-order valence-corrected chi connectivity index (χ1v) is 9.09. The lowest BCUT2D eigenvalue weighted by atomic mass is 10.0. The molecule has 1 amide bonds. The van der Waals surface area contributed by atoms with E-state index in [1.807, 2.05) is 42.5 Å². The predicted molar refractivity (Wildman–Crippen MR) is 101 cm³/mol. The molecule has 1 aliphatic rings. The first-order valence-electron chi connectivity index (χ1n) is 9.09. The van der Waals surface area contributed by atoms with Crippen LogP contribution in [0.25, 0.3) is 0 Å². The normalized spacial score (nSPS) is 17.0. The average Bonchev–Trinajstić information content (AvgIpc) is 3.14. The van der Waals surface area contributed by atoms with Crippen molar-refractivity contribution in [3.8, 4) is 11.5 Å². The maximum absolute atomic E-state index is 12.3. The van der Waals surface area contributed by atoms with E-state index in [4.69, 9.17) is 9.47 Å². The summed E-state index contributed by atoms with van der Waals surface area (Å²) in [4.78, 5) is 14.5. The molecule has 0 spiro atoms. The van der Waals surface area contributed by atoms with Gasteiger partial charge in [-0.3, -0.25) is 9.69 Å². The number of carbonyl (C=O) groups is 1. The molecule has 0 aromatic heterocycles. The summed E-state index contributed by atoms with van der Waals surface area (Å²) in [5.74, 6) is 1.72. The Morgan fingerprint density at radius 1 is 1.15 bits per heavy atom. The van der Waals surface area contributed by atoms with Crippen LogP contribution in [-0.4, -0.2) is 44.2 Å². The standard InChI is InChI=1S/C21H26N2O3/c1-25-19-10-5-7-17(15-19)20-11-6-13-23(20)16-21(24)22-12-14-26-18-8-3-2-4-9-18/h2-5,7-10,15,20H,6,11-14,16H2,1H3,(H,22,24). The summed E-state index contributed by atoms with van der Waals surface area (Å²) in [6.07, 6.45) is 2.17. The Kier molecular flexibility index (Phi) is 6.50. The molecular formula is C21H26N2O3. The fourth-order valence-electron chi connectivity index (χ4n) is 3.36. The van der Waals surface area contributed by atoms with Crippen molar-refractivity contribution in [3.63, 3.8) is 0 Å². The number of hydrogen-bond acceptors (Lipinski definition) is 4. The number of nitrogens with zero attached hydrogens (tertiary/aromatic N) is 1. The SMILES string of the molecule is COc1cccc(C2CCCN2CC(=O)NCCOc2ccccc2)c1. The molecule has 0 aliphatic carbocycles. The molecule has 1 unspecified atom stereocenters. The summed E-state index contributed by atoms with van der Waals surface area (Å²) in [5.41, 5.74) is 1.21. The highest BCUT2D eigenvalue weighted by Gasteiger charge is 2.27. The number of para-hydroxylation sites is 1. The van der Waals surface area contributed by atoms with Crippen molar-refractivity contribution >= 4 is 5.91 Å². The van der Waals surface area contributed by atoms with Crippen LogP contribution < -0.4 is 14.8 Å². The summed E-state index contributed by atoms with van der Waals surface area (Å²) in [6.45, 7) is 2.32. The fraction of sp³-hybridized carbons (Fsp3) is 0.381. The molecule has 0 bridgehead atoms. The van der Waals surface area contributed by atoms with Crippen LogP contribution >= 0.6 is 0 Å². The van der Waals surface area contributed by atoms with Crippen LogP contribution in [0.4, 0.5) is 0 Å². The lowest BCUT2D eigenvalue weighted by molar-refractivity contribution is -0.122. The van der Waals surface area contributed by atoms with E-state index in [0.717, 1.165) is 30.9 Å². The molecule has 138 valence electrons. The van der Waals surface area contributed by atoms with E-state index in [0.29, 0.717) is 19.7 Å². The lowest BCUT2D eigenvalue weighted by Gasteiger charge is -2.24. The largest absolute Gasteiger partial charge is 0.497 e. The molecule has 1 heterocycles. The quantitative estimate of drug-likeness (QED) is 0.741. The lowest BCUT2D eigenvalue weighted by Crippen LogP contribution is -2.38. The van der Waals surface area contributed by atoms with Crippen LogP contribution in [0.2, 0.25) is 0 Å². The number of benzene rings is 2. The second-order valence-electron chi connectivity index (χ2n) is 6.42. The molecule has 1 N–H and O–H groups in total. The van der Waals surface area contributed by atoms with Gasteiger partial charge in [0.25, 0.3) is 0 Å². The molecule has 2 aromatic rings. The Balaban J connectivity index is 1.45. The van der Waals surface area contributed by atoms with Crippen molar-refractivity contribution in [1.82, 2.24) is 10.2 Å². The summed E-state index contributed by atoms with van der Waals surface area (Å²) < 4.78 is 10.9. The Bertz CT molecular complexity index is 705. The van der Waals surface area contributed by atoms with E-state index in [1.54, 1.807) is 7.11 Å². The molecule has 26 heavy (non-hydrogen) atoms. The van der Waals surface area contributed by atoms with Crippen LogP contribution in [0.15, 0.2) is 54.6 Å². The highest BCUT2D eigenvalue weighted by atomic mass is 16.5. The highest BCUT2D eigenvalue weighted by Crippen LogP contribution is 2.32. The van der Waals surface area contributed by atoms with E-state index in [9.17, 15) is 4.79 Å². The minimum Gasteiger partial charge on any atom is -0.497 e. The third-order valence-electron chi connectivity index (χ3n) is 4.63. The van der Waals surface area contributed by atoms with Crippen molar-refractivity contribution in [3.05, 3.63) is 60.2 Å². The van der Waals surface area contributed by atoms with E-state index < -0.39 is 0 Å². The zero-order valence-corrected chi connectivity index (χ0v) is 15.2. The molecule has 1 saturated heterocycles. The summed E-state index contributed by atoms with van der Waals surface area (Å²) in [7, 11) is 1.68. The molecule has 5 nitrogen and oxygen atoms in total. The van der Waals surface area contributed by atoms with Crippen LogP contribution in [0.1, 0.15) is 24.4 Å². The van der Waals surface area contributed by atoms with Gasteiger partial charge in [-0.05, 0) is 49.2 Å². The van der Waals surface area contributed by atoms with Gasteiger partial charge in [-0.25, -0.2) is 0 Å². The number of likely N-dealkylation sites (tertiary alicyclic amines) is 1. The number of hydrogen-bond donors (Lipinski definition) is 1. The second kappa shape index (κ2) is 9.25. The fourth-order valence-corrected chi connectivity index (χ4v) is 3.36. The number of rotatable bonds is 8. The predicted octanol–water partition coefficient (Wildman–Crippen LogP) is 3.03. The van der Waals surface area contributed by atoms with Gasteiger partial charge in [-0.15, -0.1) is 0 Å². The van der Waals surface area contributed by atoms with Gasteiger partial charge in [0.2, 0.25) is 5.91 Å². The minimum atomic E-state index is 0.0384. The van der Waals surface area contributed by atoms with Gasteiger partial charge >= 0.3 is 0 Å². The van der Waals surface area contributed by atoms with E-state index in [1.165, 1.54) is 5.56 Å². The monoisotopic (exact) mass is 354 g/mol. The maximum atomic E-state index is 12.3. The zero-order chi connectivity index (χ0) is 18.2. The van der Waals surface area contributed by atoms with Crippen molar-refractivity contribution in [1.29, 1.82) is 0 Å². The first-order chi connectivity index (χ1) is 12.8. The van der Waals surface area contributed by atoms with Gasteiger partial charge in [0.15, 0.2) is 0 Å². The van der Waals surface area contributed by atoms with Gasteiger partial charge in [0.1, 0.15) is 18.1 Å². The molecule has 5 heteroatoms. The van der Waals surface area contributed by atoms with Crippen LogP contribution in [0, 0.1) is 0 Å². The third kappa shape index (κ3) is 4.99. The Hall–Kier alpha value is -2.53. The first kappa shape index (κ1) is 18.3. The highest BCUT2D eigenvalue weighted by molar-refractivity contribution is 5.78. The zero-order valence-electron chi connectivity index (χ0n) is 15.2. The molecule has 0 radical (unpaired) electrons. The number of ether oxygens (including phenoxy) is 2. The minimum absolute atomic E-state index is 0.0384. The van der Waals surface area contributed by atoms with Crippen LogP contribution in [-0.2, 0) is 4.79 Å². The van der Waals surface area contributed by atoms with Gasteiger partial charge in [-0.1, -0.05) is 30.3 Å². The number of amides is 1. The van der Waals surface area contributed by atoms with E-state index >= 15 is 0 Å². The van der Waals surface area contributed by atoms with Gasteiger partial charge in [0.05, 0.1) is 20.2 Å². The topological polar surface area (TPSA) is 50.8 Å². The van der Waals surface area contributed by atoms with Crippen molar-refractivity contribution in [2.24, 2.45) is 0 Å². The third-order valence-corrected chi connectivity index (χ3v) is 4.63. The molecule has 0 saturated carbocycles. The molecule has 1 atom stereocenters. The van der Waals surface area contributed by atoms with Crippen LogP contribution in [0.3, 0.4) is 0 Å². The van der Waals surface area contributed by atoms with Crippen LogP contribution in [0.5, 0.6) is 11.5 Å². The summed E-state index contributed by atoms with van der Waals surface area (Å²) in [5, 5.41) is 2.94. The summed E-state index contributed by atoms with van der Waals surface area (Å²) in [6, 6.07) is 18.0. The Morgan fingerprint density at radius 3 is 2.77 bits per heavy atom. The van der Waals surface area contributed by atoms with Crippen molar-refractivity contribution in [2.75, 3.05) is 33.4 Å². The average molecular weight is 354 g/mol. The van der Waals surface area contributed by atoms with Crippen molar-refractivity contribution < 1.29 is 14.3 Å². The number of methoxy groups -OCH3 is 1. The maximum Gasteiger partial charge on any atom is 0.234 e. The second-order valence-corrected chi connectivity index (χ2v) is 6.42. The number of carbonyl (C=O) groups excluding carboxylic acids is 1. The van der Waals surface area contributed by atoms with Crippen molar-refractivity contribution in [2.45, 2.75) is 18.9 Å². The summed E-state index contributed by atoms with van der Waals surface area (Å²) >= 11 is 0. The number of nitrogens with one attached hydrogen (secondary N) is 1. The van der Waals surface area contributed by atoms with Gasteiger partial charge in [0, 0.05) is 6.04 Å². The van der Waals surface area contributed by atoms with Gasteiger partial charge < -0.3 is 14.8 Å². The van der Waals surface area contributed by atoms with Gasteiger partial charge in [-0.2, -0.15) is 0 Å². The van der Waals surface area contributed by atoms with E-state index in [-0.39, 0.29) is 11.9 Å². The molecule has 2 aromatic carbocycles. The molecule has 1 fully saturated rings. The molecular weight excluding hydrogens is 328 g/mol. The Labute approximate surface area is 154 Å². The smallest absolute Gasteiger partial charge is 0.234 e. The van der Waals surface area contributed by atoms with E-state index in [2.05, 4.69) is 22.3 Å². The molecule has 3 rings (SSSR count).